The number of hydrogen-bond donors (Lipinski definition) is 0. The van der Waals surface area contributed by atoms with Crippen molar-refractivity contribution in [3.05, 3.63) is 0 Å². The number of rotatable bonds is 14. The summed E-state index contributed by atoms with van der Waals surface area (Å²) in [6.45, 7) is 6.94. The molecule has 0 saturated carbocycles. The summed E-state index contributed by atoms with van der Waals surface area (Å²) in [6, 6.07) is 0. The van der Waals surface area contributed by atoms with Gasteiger partial charge in [-0.25, -0.2) is 0 Å². The molecule has 0 rings (SSSR count). The second kappa shape index (κ2) is 15.1. The largest absolute Gasteiger partial charge is 0.0654 e. The summed E-state index contributed by atoms with van der Waals surface area (Å²) in [5, 5.41) is 0. The van der Waals surface area contributed by atoms with Crippen LogP contribution in [0.2, 0.25) is 0 Å². The molecule has 0 aliphatic rings. The van der Waals surface area contributed by atoms with Crippen molar-refractivity contribution < 1.29 is 0 Å². The van der Waals surface area contributed by atoms with Crippen LogP contribution in [0.15, 0.2) is 0 Å². The zero-order valence-corrected chi connectivity index (χ0v) is 13.5. The standard InChI is InChI=1S/C18H38/c1-4-7-10-11-12-14-17-18(15-9-6-3)16-13-8-5-2/h18H,4-17H2,1-3H3. The van der Waals surface area contributed by atoms with Gasteiger partial charge in [-0.1, -0.05) is 111 Å². The summed E-state index contributed by atoms with van der Waals surface area (Å²) in [5.74, 6) is 1.04. The Hall–Kier alpha value is 0. The summed E-state index contributed by atoms with van der Waals surface area (Å²) in [5.41, 5.74) is 0. The number of hydrogen-bond acceptors (Lipinski definition) is 0. The van der Waals surface area contributed by atoms with Crippen LogP contribution in [-0.4, -0.2) is 0 Å². The average Bonchev–Trinajstić information content (AvgIpc) is 2.39. The van der Waals surface area contributed by atoms with Gasteiger partial charge in [-0.2, -0.15) is 0 Å². The van der Waals surface area contributed by atoms with E-state index in [9.17, 15) is 0 Å². The Morgan fingerprint density at radius 2 is 0.833 bits per heavy atom. The molecule has 0 fully saturated rings. The van der Waals surface area contributed by atoms with Crippen molar-refractivity contribution in [3.63, 3.8) is 0 Å². The van der Waals surface area contributed by atoms with Crippen molar-refractivity contribution in [2.24, 2.45) is 5.92 Å². The Morgan fingerprint density at radius 3 is 1.44 bits per heavy atom. The van der Waals surface area contributed by atoms with Crippen LogP contribution in [0.1, 0.15) is 111 Å². The number of unbranched alkanes of at least 4 members (excludes halogenated alkanes) is 8. The van der Waals surface area contributed by atoms with Crippen LogP contribution in [0, 0.1) is 5.92 Å². The fourth-order valence-corrected chi connectivity index (χ4v) is 2.82. The first-order valence-corrected chi connectivity index (χ1v) is 8.85. The fraction of sp³-hybridized carbons (Fsp3) is 1.00. The predicted molar refractivity (Wildman–Crippen MR) is 85.2 cm³/mol. The highest BCUT2D eigenvalue weighted by Crippen LogP contribution is 2.23. The van der Waals surface area contributed by atoms with E-state index in [1.807, 2.05) is 0 Å². The topological polar surface area (TPSA) is 0 Å². The van der Waals surface area contributed by atoms with E-state index in [2.05, 4.69) is 20.8 Å². The van der Waals surface area contributed by atoms with Crippen molar-refractivity contribution in [3.8, 4) is 0 Å². The van der Waals surface area contributed by atoms with Gasteiger partial charge < -0.3 is 0 Å². The molecule has 0 aromatic heterocycles. The van der Waals surface area contributed by atoms with Crippen molar-refractivity contribution >= 4 is 0 Å². The average molecular weight is 255 g/mol. The minimum Gasteiger partial charge on any atom is -0.0654 e. The normalized spacial score (nSPS) is 12.8. The molecular weight excluding hydrogens is 216 g/mol. The van der Waals surface area contributed by atoms with Crippen molar-refractivity contribution in [1.82, 2.24) is 0 Å². The molecule has 0 aromatic carbocycles. The van der Waals surface area contributed by atoms with E-state index in [1.54, 1.807) is 0 Å². The van der Waals surface area contributed by atoms with E-state index < -0.39 is 0 Å². The van der Waals surface area contributed by atoms with Crippen LogP contribution in [0.4, 0.5) is 0 Å². The van der Waals surface area contributed by atoms with E-state index >= 15 is 0 Å². The third-order valence-corrected chi connectivity index (χ3v) is 4.15. The van der Waals surface area contributed by atoms with E-state index in [0.717, 1.165) is 5.92 Å². The fourth-order valence-electron chi connectivity index (χ4n) is 2.82. The first-order valence-electron chi connectivity index (χ1n) is 8.85. The lowest BCUT2D eigenvalue weighted by Crippen LogP contribution is -2.01. The zero-order chi connectivity index (χ0) is 13.5. The molecule has 0 aliphatic heterocycles. The molecule has 0 bridgehead atoms. The van der Waals surface area contributed by atoms with Crippen LogP contribution < -0.4 is 0 Å². The lowest BCUT2D eigenvalue weighted by Gasteiger charge is -2.16. The quantitative estimate of drug-likeness (QED) is 0.289. The maximum Gasteiger partial charge on any atom is -0.0414 e. The molecule has 0 radical (unpaired) electrons. The van der Waals surface area contributed by atoms with Crippen LogP contribution in [-0.2, 0) is 0 Å². The monoisotopic (exact) mass is 254 g/mol. The Balaban J connectivity index is 3.51. The first-order chi connectivity index (χ1) is 8.85. The third-order valence-electron chi connectivity index (χ3n) is 4.15. The Bertz CT molecular complexity index is 139. The molecule has 0 aliphatic carbocycles. The Labute approximate surface area is 117 Å². The predicted octanol–water partition coefficient (Wildman–Crippen LogP) is 7.12. The van der Waals surface area contributed by atoms with E-state index in [-0.39, 0.29) is 0 Å². The molecular formula is C18H38. The molecule has 0 nitrogen and oxygen atoms in total. The van der Waals surface area contributed by atoms with E-state index in [0.29, 0.717) is 0 Å². The lowest BCUT2D eigenvalue weighted by atomic mass is 9.90. The molecule has 0 amide bonds. The SMILES string of the molecule is CCCCCCCCC(CCCC)CCCCC. The van der Waals surface area contributed by atoms with Gasteiger partial charge in [0.2, 0.25) is 0 Å². The summed E-state index contributed by atoms with van der Waals surface area (Å²) in [4.78, 5) is 0. The second-order valence-corrected chi connectivity index (χ2v) is 6.06. The molecule has 0 N–H and O–H groups in total. The van der Waals surface area contributed by atoms with Gasteiger partial charge in [-0.05, 0) is 5.92 Å². The van der Waals surface area contributed by atoms with Crippen molar-refractivity contribution in [2.45, 2.75) is 111 Å². The molecule has 1 unspecified atom stereocenters. The maximum atomic E-state index is 2.33. The van der Waals surface area contributed by atoms with Gasteiger partial charge in [-0.15, -0.1) is 0 Å². The van der Waals surface area contributed by atoms with Crippen LogP contribution >= 0.6 is 0 Å². The molecule has 0 heteroatoms. The smallest absolute Gasteiger partial charge is 0.0414 e. The summed E-state index contributed by atoms with van der Waals surface area (Å²) < 4.78 is 0. The van der Waals surface area contributed by atoms with Crippen LogP contribution in [0.5, 0.6) is 0 Å². The van der Waals surface area contributed by atoms with Gasteiger partial charge in [0.25, 0.3) is 0 Å². The highest BCUT2D eigenvalue weighted by atomic mass is 14.1. The Kier molecular flexibility index (Phi) is 15.1. The minimum atomic E-state index is 1.04. The molecule has 0 heterocycles. The summed E-state index contributed by atoms with van der Waals surface area (Å²) in [6.07, 6.45) is 20.3. The minimum absolute atomic E-state index is 1.04. The first kappa shape index (κ1) is 18.0. The van der Waals surface area contributed by atoms with Gasteiger partial charge in [-0.3, -0.25) is 0 Å². The molecule has 1 atom stereocenters. The maximum absolute atomic E-state index is 2.33. The third kappa shape index (κ3) is 12.5. The van der Waals surface area contributed by atoms with Gasteiger partial charge in [0.05, 0.1) is 0 Å². The van der Waals surface area contributed by atoms with Crippen molar-refractivity contribution in [2.75, 3.05) is 0 Å². The van der Waals surface area contributed by atoms with Gasteiger partial charge in [0.1, 0.15) is 0 Å². The lowest BCUT2D eigenvalue weighted by molar-refractivity contribution is 0.373. The molecule has 110 valence electrons. The van der Waals surface area contributed by atoms with Gasteiger partial charge in [0.15, 0.2) is 0 Å². The molecule has 0 saturated heterocycles. The summed E-state index contributed by atoms with van der Waals surface area (Å²) in [7, 11) is 0. The van der Waals surface area contributed by atoms with Gasteiger partial charge in [0, 0.05) is 0 Å². The molecule has 0 spiro atoms. The highest BCUT2D eigenvalue weighted by Gasteiger charge is 2.07. The van der Waals surface area contributed by atoms with Crippen molar-refractivity contribution in [1.29, 1.82) is 0 Å². The van der Waals surface area contributed by atoms with Crippen LogP contribution in [0.3, 0.4) is 0 Å². The van der Waals surface area contributed by atoms with E-state index in [4.69, 9.17) is 0 Å². The van der Waals surface area contributed by atoms with Gasteiger partial charge >= 0.3 is 0 Å². The second-order valence-electron chi connectivity index (χ2n) is 6.06. The summed E-state index contributed by atoms with van der Waals surface area (Å²) >= 11 is 0. The Morgan fingerprint density at radius 1 is 0.444 bits per heavy atom. The van der Waals surface area contributed by atoms with Crippen LogP contribution in [0.25, 0.3) is 0 Å². The van der Waals surface area contributed by atoms with E-state index in [1.165, 1.54) is 89.9 Å². The zero-order valence-electron chi connectivity index (χ0n) is 13.5. The molecule has 0 aromatic rings. The highest BCUT2D eigenvalue weighted by molar-refractivity contribution is 4.61. The molecule has 18 heavy (non-hydrogen) atoms.